The van der Waals surface area contributed by atoms with Gasteiger partial charge in [0.15, 0.2) is 0 Å². The first-order chi connectivity index (χ1) is 9.81. The number of rotatable bonds is 4. The number of nitrogens with one attached hydrogen (secondary N) is 1. The summed E-state index contributed by atoms with van der Waals surface area (Å²) in [6, 6.07) is 10.8. The molecule has 0 radical (unpaired) electrons. The molecule has 0 spiro atoms. The lowest BCUT2D eigenvalue weighted by Crippen LogP contribution is -2.16. The Kier molecular flexibility index (Phi) is 4.89. The number of carboxylic acid groups (broad SMARTS) is 1. The number of sulfonamides is 1. The van der Waals surface area contributed by atoms with Crippen LogP contribution in [0, 0.1) is 3.57 Å². The van der Waals surface area contributed by atoms with Crippen LogP contribution in [0.15, 0.2) is 51.8 Å². The van der Waals surface area contributed by atoms with Crippen LogP contribution in [0.25, 0.3) is 0 Å². The highest BCUT2D eigenvalue weighted by atomic mass is 127. The van der Waals surface area contributed by atoms with E-state index in [0.29, 0.717) is 8.04 Å². The molecular weight excluding hydrogens is 473 g/mol. The molecule has 0 atom stereocenters. The molecule has 0 aromatic heterocycles. The van der Waals surface area contributed by atoms with E-state index >= 15 is 0 Å². The van der Waals surface area contributed by atoms with E-state index in [0.717, 1.165) is 0 Å². The Hall–Kier alpha value is -1.13. The second-order valence-corrected chi connectivity index (χ2v) is 7.78. The average Bonchev–Trinajstić information content (AvgIpc) is 2.40. The summed E-state index contributed by atoms with van der Waals surface area (Å²) in [6.45, 7) is 0. The minimum absolute atomic E-state index is 0.0265. The molecule has 0 bridgehead atoms. The summed E-state index contributed by atoms with van der Waals surface area (Å²) < 4.78 is 28.1. The summed E-state index contributed by atoms with van der Waals surface area (Å²) in [5, 5.41) is 9.16. The Morgan fingerprint density at radius 3 is 2.48 bits per heavy atom. The van der Waals surface area contributed by atoms with E-state index in [4.69, 9.17) is 5.11 Å². The molecule has 0 aliphatic heterocycles. The number of benzene rings is 2. The fraction of sp³-hybridized carbons (Fsp3) is 0. The van der Waals surface area contributed by atoms with Crippen LogP contribution in [-0.4, -0.2) is 19.5 Å². The molecule has 0 amide bonds. The Balaban J connectivity index is 2.47. The molecule has 0 unspecified atom stereocenters. The number of aromatic carboxylic acids is 1. The van der Waals surface area contributed by atoms with Crippen molar-refractivity contribution in [3.63, 3.8) is 0 Å². The van der Waals surface area contributed by atoms with Crippen LogP contribution in [0.4, 0.5) is 5.69 Å². The van der Waals surface area contributed by atoms with Gasteiger partial charge in [-0.15, -0.1) is 0 Å². The lowest BCUT2D eigenvalue weighted by molar-refractivity contribution is 0.0698. The van der Waals surface area contributed by atoms with Gasteiger partial charge in [-0.05, 0) is 68.9 Å². The van der Waals surface area contributed by atoms with Crippen LogP contribution in [-0.2, 0) is 10.0 Å². The van der Waals surface area contributed by atoms with E-state index in [-0.39, 0.29) is 16.1 Å². The molecule has 2 aromatic rings. The van der Waals surface area contributed by atoms with Gasteiger partial charge in [-0.25, -0.2) is 13.2 Å². The van der Waals surface area contributed by atoms with Crippen LogP contribution in [0.3, 0.4) is 0 Å². The third kappa shape index (κ3) is 3.74. The van der Waals surface area contributed by atoms with E-state index < -0.39 is 16.0 Å². The molecule has 2 N–H and O–H groups in total. The lowest BCUT2D eigenvalue weighted by Gasteiger charge is -2.12. The maximum Gasteiger partial charge on any atom is 0.337 e. The van der Waals surface area contributed by atoms with Crippen molar-refractivity contribution in [1.82, 2.24) is 0 Å². The van der Waals surface area contributed by atoms with Crippen molar-refractivity contribution >= 4 is 60.2 Å². The summed E-state index contributed by atoms with van der Waals surface area (Å²) in [7, 11) is -3.88. The molecule has 5 nitrogen and oxygen atoms in total. The van der Waals surface area contributed by atoms with Gasteiger partial charge in [-0.3, -0.25) is 4.72 Å². The average molecular weight is 482 g/mol. The van der Waals surface area contributed by atoms with Gasteiger partial charge < -0.3 is 5.11 Å². The highest BCUT2D eigenvalue weighted by Gasteiger charge is 2.20. The van der Waals surface area contributed by atoms with Crippen molar-refractivity contribution in [3.05, 3.63) is 56.1 Å². The van der Waals surface area contributed by atoms with E-state index in [1.807, 2.05) is 22.6 Å². The summed E-state index contributed by atoms with van der Waals surface area (Å²) in [4.78, 5) is 11.3. The first-order valence-electron chi connectivity index (χ1n) is 5.61. The standard InChI is InChI=1S/C13H9BrINO4S/c14-10-3-1-2-4-12(10)21(19,20)16-11-6-5-8(15)7-9(11)13(17)18/h1-7,16H,(H,17,18). The zero-order chi connectivity index (χ0) is 15.6. The summed E-state index contributed by atoms with van der Waals surface area (Å²) in [6.07, 6.45) is 0. The number of carbonyl (C=O) groups is 1. The molecule has 0 heterocycles. The lowest BCUT2D eigenvalue weighted by atomic mass is 10.2. The molecule has 8 heteroatoms. The molecule has 0 aliphatic carbocycles. The van der Waals surface area contributed by atoms with Gasteiger partial charge >= 0.3 is 5.97 Å². The number of carboxylic acids is 1. The third-order valence-electron chi connectivity index (χ3n) is 2.58. The highest BCUT2D eigenvalue weighted by molar-refractivity contribution is 14.1. The summed E-state index contributed by atoms with van der Waals surface area (Å²) in [5.74, 6) is -1.20. The molecule has 21 heavy (non-hydrogen) atoms. The molecule has 110 valence electrons. The first-order valence-corrected chi connectivity index (χ1v) is 8.97. The van der Waals surface area contributed by atoms with Gasteiger partial charge in [0.05, 0.1) is 11.3 Å². The van der Waals surface area contributed by atoms with E-state index in [1.54, 1.807) is 24.3 Å². The highest BCUT2D eigenvalue weighted by Crippen LogP contribution is 2.26. The van der Waals surface area contributed by atoms with Crippen LogP contribution in [0.5, 0.6) is 0 Å². The van der Waals surface area contributed by atoms with Crippen molar-refractivity contribution in [2.75, 3.05) is 4.72 Å². The van der Waals surface area contributed by atoms with Crippen LogP contribution < -0.4 is 4.72 Å². The minimum Gasteiger partial charge on any atom is -0.478 e. The molecule has 0 saturated carbocycles. The Bertz CT molecular complexity index is 808. The van der Waals surface area contributed by atoms with Crippen molar-refractivity contribution in [2.45, 2.75) is 4.90 Å². The van der Waals surface area contributed by atoms with Gasteiger partial charge in [-0.2, -0.15) is 0 Å². The van der Waals surface area contributed by atoms with Crippen LogP contribution >= 0.6 is 38.5 Å². The zero-order valence-corrected chi connectivity index (χ0v) is 14.9. The van der Waals surface area contributed by atoms with Gasteiger partial charge in [0.1, 0.15) is 4.90 Å². The normalized spacial score (nSPS) is 11.1. The monoisotopic (exact) mass is 481 g/mol. The maximum absolute atomic E-state index is 12.3. The van der Waals surface area contributed by atoms with Crippen LogP contribution in [0.2, 0.25) is 0 Å². The van der Waals surface area contributed by atoms with Gasteiger partial charge in [0.25, 0.3) is 10.0 Å². The van der Waals surface area contributed by atoms with E-state index in [9.17, 15) is 13.2 Å². The fourth-order valence-electron chi connectivity index (χ4n) is 1.64. The minimum atomic E-state index is -3.88. The van der Waals surface area contributed by atoms with Gasteiger partial charge in [0, 0.05) is 8.04 Å². The number of anilines is 1. The summed E-state index contributed by atoms with van der Waals surface area (Å²) in [5.41, 5.74) is -0.0730. The summed E-state index contributed by atoms with van der Waals surface area (Å²) >= 11 is 5.13. The molecule has 2 rings (SSSR count). The predicted octanol–water partition coefficient (Wildman–Crippen LogP) is 3.55. The molecule has 0 aliphatic rings. The number of hydrogen-bond donors (Lipinski definition) is 2. The van der Waals surface area contributed by atoms with Crippen LogP contribution in [0.1, 0.15) is 10.4 Å². The van der Waals surface area contributed by atoms with Crippen molar-refractivity contribution in [3.8, 4) is 0 Å². The number of hydrogen-bond acceptors (Lipinski definition) is 3. The largest absolute Gasteiger partial charge is 0.478 e. The maximum atomic E-state index is 12.3. The quantitative estimate of drug-likeness (QED) is 0.654. The first kappa shape index (κ1) is 16.2. The SMILES string of the molecule is O=C(O)c1cc(I)ccc1NS(=O)(=O)c1ccccc1Br. The molecular formula is C13H9BrINO4S. The Labute approximate surface area is 143 Å². The Morgan fingerprint density at radius 2 is 1.86 bits per heavy atom. The molecule has 0 fully saturated rings. The third-order valence-corrected chi connectivity index (χ3v) is 5.63. The van der Waals surface area contributed by atoms with Crippen molar-refractivity contribution in [1.29, 1.82) is 0 Å². The van der Waals surface area contributed by atoms with E-state index in [1.165, 1.54) is 18.2 Å². The zero-order valence-electron chi connectivity index (χ0n) is 10.4. The topological polar surface area (TPSA) is 83.5 Å². The predicted molar refractivity (Wildman–Crippen MR) is 91.1 cm³/mol. The molecule has 0 saturated heterocycles. The fourth-order valence-corrected chi connectivity index (χ4v) is 4.22. The van der Waals surface area contributed by atoms with Gasteiger partial charge in [0.2, 0.25) is 0 Å². The van der Waals surface area contributed by atoms with Crippen molar-refractivity contribution < 1.29 is 18.3 Å². The Morgan fingerprint density at radius 1 is 1.19 bits per heavy atom. The molecule has 2 aromatic carbocycles. The number of halogens is 2. The van der Waals surface area contributed by atoms with Gasteiger partial charge in [-0.1, -0.05) is 12.1 Å². The second-order valence-electron chi connectivity index (χ2n) is 4.03. The van der Waals surface area contributed by atoms with Crippen molar-refractivity contribution in [2.24, 2.45) is 0 Å². The smallest absolute Gasteiger partial charge is 0.337 e. The van der Waals surface area contributed by atoms with E-state index in [2.05, 4.69) is 20.7 Å². The second kappa shape index (κ2) is 6.32.